The second-order valence-corrected chi connectivity index (χ2v) is 4.80. The molecule has 90 valence electrons. The van der Waals surface area contributed by atoms with Gasteiger partial charge in [-0.2, -0.15) is 0 Å². The van der Waals surface area contributed by atoms with E-state index in [0.717, 1.165) is 17.1 Å². The fraction of sp³-hybridized carbons (Fsp3) is 0.333. The molecule has 2 rings (SSSR count). The van der Waals surface area contributed by atoms with Crippen LogP contribution in [0.2, 0.25) is 0 Å². The zero-order valence-corrected chi connectivity index (χ0v) is 10.3. The number of hydrogen-bond acceptors (Lipinski definition) is 4. The number of hydrogen-bond donors (Lipinski definition) is 1. The minimum absolute atomic E-state index is 0.0462. The Kier molecular flexibility index (Phi) is 3.58. The molecule has 0 unspecified atom stereocenters. The van der Waals surface area contributed by atoms with Crippen LogP contribution >= 0.6 is 11.3 Å². The standard InChI is InChI=1S/C12H13NO3S/c1-2-8-3-4-10(17-8)9-7-13-11(16-9)5-6-12(14)15/h3-4,7H,2,5-6H2,1H3,(H,14,15). The maximum atomic E-state index is 10.4. The molecule has 2 aromatic rings. The molecule has 0 aliphatic heterocycles. The first-order valence-electron chi connectivity index (χ1n) is 5.44. The van der Waals surface area contributed by atoms with E-state index in [9.17, 15) is 4.79 Å². The van der Waals surface area contributed by atoms with Gasteiger partial charge in [-0.15, -0.1) is 11.3 Å². The lowest BCUT2D eigenvalue weighted by Gasteiger charge is -1.91. The van der Waals surface area contributed by atoms with Crippen LogP contribution in [-0.4, -0.2) is 16.1 Å². The number of oxazole rings is 1. The van der Waals surface area contributed by atoms with Crippen molar-refractivity contribution in [1.29, 1.82) is 0 Å². The first-order chi connectivity index (χ1) is 8.19. The zero-order valence-electron chi connectivity index (χ0n) is 9.47. The lowest BCUT2D eigenvalue weighted by Crippen LogP contribution is -1.97. The molecule has 2 aromatic heterocycles. The maximum absolute atomic E-state index is 10.4. The van der Waals surface area contributed by atoms with E-state index in [0.29, 0.717) is 12.3 Å². The van der Waals surface area contributed by atoms with Crippen molar-refractivity contribution in [3.05, 3.63) is 29.1 Å². The number of aryl methyl sites for hydroxylation is 2. The van der Waals surface area contributed by atoms with Gasteiger partial charge in [-0.05, 0) is 18.6 Å². The third kappa shape index (κ3) is 2.94. The SMILES string of the molecule is CCc1ccc(-c2cnc(CCC(=O)O)o2)s1. The van der Waals surface area contributed by atoms with E-state index in [1.807, 2.05) is 6.07 Å². The molecular weight excluding hydrogens is 238 g/mol. The summed E-state index contributed by atoms with van der Waals surface area (Å²) in [6.45, 7) is 2.11. The number of aromatic nitrogens is 1. The molecule has 0 aliphatic rings. The van der Waals surface area contributed by atoms with E-state index < -0.39 is 5.97 Å². The highest BCUT2D eigenvalue weighted by Crippen LogP contribution is 2.29. The molecule has 4 nitrogen and oxygen atoms in total. The maximum Gasteiger partial charge on any atom is 0.303 e. The predicted molar refractivity (Wildman–Crippen MR) is 65.2 cm³/mol. The third-order valence-corrected chi connectivity index (χ3v) is 3.60. The fourth-order valence-corrected chi connectivity index (χ4v) is 2.35. The van der Waals surface area contributed by atoms with Gasteiger partial charge in [0.1, 0.15) is 0 Å². The van der Waals surface area contributed by atoms with Crippen LogP contribution in [-0.2, 0) is 17.6 Å². The van der Waals surface area contributed by atoms with Crippen molar-refractivity contribution >= 4 is 17.3 Å². The van der Waals surface area contributed by atoms with Gasteiger partial charge >= 0.3 is 5.97 Å². The quantitative estimate of drug-likeness (QED) is 0.887. The van der Waals surface area contributed by atoms with Crippen LogP contribution < -0.4 is 0 Å². The van der Waals surface area contributed by atoms with Gasteiger partial charge < -0.3 is 9.52 Å². The fourth-order valence-electron chi connectivity index (χ4n) is 1.45. The van der Waals surface area contributed by atoms with Gasteiger partial charge in [0.2, 0.25) is 0 Å². The lowest BCUT2D eigenvalue weighted by molar-refractivity contribution is -0.137. The Morgan fingerprint density at radius 3 is 3.00 bits per heavy atom. The van der Waals surface area contributed by atoms with Crippen molar-refractivity contribution < 1.29 is 14.3 Å². The van der Waals surface area contributed by atoms with Crippen LogP contribution in [0.4, 0.5) is 0 Å². The second-order valence-electron chi connectivity index (χ2n) is 3.63. The first kappa shape index (κ1) is 11.9. The Morgan fingerprint density at radius 2 is 2.35 bits per heavy atom. The molecule has 0 saturated carbocycles. The van der Waals surface area contributed by atoms with E-state index >= 15 is 0 Å². The molecule has 5 heteroatoms. The van der Waals surface area contributed by atoms with Gasteiger partial charge in [0.15, 0.2) is 11.7 Å². The molecule has 0 fully saturated rings. The van der Waals surface area contributed by atoms with Crippen molar-refractivity contribution in [1.82, 2.24) is 4.98 Å². The molecule has 0 saturated heterocycles. The first-order valence-corrected chi connectivity index (χ1v) is 6.26. The highest BCUT2D eigenvalue weighted by molar-refractivity contribution is 7.15. The summed E-state index contributed by atoms with van der Waals surface area (Å²) in [5, 5.41) is 8.57. The number of thiophene rings is 1. The van der Waals surface area contributed by atoms with Crippen molar-refractivity contribution in [2.24, 2.45) is 0 Å². The molecule has 0 radical (unpaired) electrons. The summed E-state index contributed by atoms with van der Waals surface area (Å²) in [7, 11) is 0. The van der Waals surface area contributed by atoms with Crippen molar-refractivity contribution in [3.8, 4) is 10.6 Å². The summed E-state index contributed by atoms with van der Waals surface area (Å²) in [5.74, 6) is 0.359. The lowest BCUT2D eigenvalue weighted by atomic mass is 10.3. The molecule has 0 aromatic carbocycles. The number of carboxylic acid groups (broad SMARTS) is 1. The van der Waals surface area contributed by atoms with E-state index in [1.54, 1.807) is 17.5 Å². The monoisotopic (exact) mass is 251 g/mol. The number of carbonyl (C=O) groups is 1. The van der Waals surface area contributed by atoms with Gasteiger partial charge in [-0.25, -0.2) is 4.98 Å². The largest absolute Gasteiger partial charge is 0.481 e. The van der Waals surface area contributed by atoms with Crippen LogP contribution in [0.3, 0.4) is 0 Å². The van der Waals surface area contributed by atoms with Gasteiger partial charge in [-0.1, -0.05) is 6.92 Å². The highest BCUT2D eigenvalue weighted by atomic mass is 32.1. The van der Waals surface area contributed by atoms with Crippen molar-refractivity contribution in [2.45, 2.75) is 26.2 Å². The average Bonchev–Trinajstić information content (AvgIpc) is 2.94. The predicted octanol–water partition coefficient (Wildman–Crippen LogP) is 2.98. The highest BCUT2D eigenvalue weighted by Gasteiger charge is 2.09. The molecular formula is C12H13NO3S. The Hall–Kier alpha value is -1.62. The normalized spacial score (nSPS) is 10.6. The molecule has 0 bridgehead atoms. The minimum Gasteiger partial charge on any atom is -0.481 e. The number of carboxylic acids is 1. The van der Waals surface area contributed by atoms with Crippen LogP contribution in [0, 0.1) is 0 Å². The minimum atomic E-state index is -0.839. The summed E-state index contributed by atoms with van der Waals surface area (Å²) in [6, 6.07) is 4.07. The Labute approximate surface area is 103 Å². The summed E-state index contributed by atoms with van der Waals surface area (Å²) in [5.41, 5.74) is 0. The van der Waals surface area contributed by atoms with Gasteiger partial charge in [0.05, 0.1) is 17.5 Å². The Balaban J connectivity index is 2.09. The molecule has 17 heavy (non-hydrogen) atoms. The molecule has 0 amide bonds. The summed E-state index contributed by atoms with van der Waals surface area (Å²) < 4.78 is 5.51. The number of rotatable bonds is 5. The van der Waals surface area contributed by atoms with Gasteiger partial charge in [0.25, 0.3) is 0 Å². The van der Waals surface area contributed by atoms with E-state index in [-0.39, 0.29) is 6.42 Å². The number of aliphatic carboxylic acids is 1. The zero-order chi connectivity index (χ0) is 12.3. The van der Waals surface area contributed by atoms with Gasteiger partial charge in [-0.3, -0.25) is 4.79 Å². The van der Waals surface area contributed by atoms with Crippen LogP contribution in [0.5, 0.6) is 0 Å². The molecule has 0 atom stereocenters. The molecule has 1 N–H and O–H groups in total. The van der Waals surface area contributed by atoms with E-state index in [1.165, 1.54) is 4.88 Å². The van der Waals surface area contributed by atoms with Crippen LogP contribution in [0.1, 0.15) is 24.1 Å². The van der Waals surface area contributed by atoms with Crippen molar-refractivity contribution in [3.63, 3.8) is 0 Å². The van der Waals surface area contributed by atoms with E-state index in [2.05, 4.69) is 18.0 Å². The van der Waals surface area contributed by atoms with Crippen LogP contribution in [0.25, 0.3) is 10.6 Å². The number of nitrogens with zero attached hydrogens (tertiary/aromatic N) is 1. The van der Waals surface area contributed by atoms with Crippen LogP contribution in [0.15, 0.2) is 22.7 Å². The summed E-state index contributed by atoms with van der Waals surface area (Å²) >= 11 is 1.67. The smallest absolute Gasteiger partial charge is 0.303 e. The Bertz CT molecular complexity index is 515. The molecule has 2 heterocycles. The third-order valence-electron chi connectivity index (χ3n) is 2.36. The topological polar surface area (TPSA) is 63.3 Å². The molecule has 0 aliphatic carbocycles. The van der Waals surface area contributed by atoms with Crippen molar-refractivity contribution in [2.75, 3.05) is 0 Å². The second kappa shape index (κ2) is 5.14. The Morgan fingerprint density at radius 1 is 1.53 bits per heavy atom. The van der Waals surface area contributed by atoms with E-state index in [4.69, 9.17) is 9.52 Å². The van der Waals surface area contributed by atoms with Gasteiger partial charge in [0, 0.05) is 11.3 Å². The summed E-state index contributed by atoms with van der Waals surface area (Å²) in [4.78, 5) is 16.8. The molecule has 0 spiro atoms. The summed E-state index contributed by atoms with van der Waals surface area (Å²) in [6.07, 6.45) is 3.04. The average molecular weight is 251 g/mol.